The Morgan fingerprint density at radius 1 is 1.06 bits per heavy atom. The van der Waals surface area contributed by atoms with Crippen LogP contribution in [-0.4, -0.2) is 24.3 Å². The van der Waals surface area contributed by atoms with Crippen molar-refractivity contribution >= 4 is 0 Å². The molecule has 1 aliphatic heterocycles. The molecule has 0 radical (unpaired) electrons. The summed E-state index contributed by atoms with van der Waals surface area (Å²) in [5.74, 6) is 0.879. The minimum Gasteiger partial charge on any atom is -0.375 e. The SMILES string of the molecule is CC1CCCCC1NC1CCOC2(CCC2)C1. The fraction of sp³-hybridized carbons (Fsp3) is 1.00. The number of ether oxygens (including phenoxy) is 1. The summed E-state index contributed by atoms with van der Waals surface area (Å²) in [4.78, 5) is 0. The van der Waals surface area contributed by atoms with E-state index in [9.17, 15) is 0 Å². The maximum Gasteiger partial charge on any atom is 0.0697 e. The van der Waals surface area contributed by atoms with Gasteiger partial charge in [0.2, 0.25) is 0 Å². The Morgan fingerprint density at radius 2 is 1.88 bits per heavy atom. The zero-order valence-electron chi connectivity index (χ0n) is 11.2. The molecule has 3 rings (SSSR count). The second kappa shape index (κ2) is 4.89. The largest absolute Gasteiger partial charge is 0.375 e. The molecule has 0 aromatic rings. The van der Waals surface area contributed by atoms with E-state index in [1.165, 1.54) is 57.8 Å². The first-order valence-electron chi connectivity index (χ1n) is 7.67. The molecule has 3 unspecified atom stereocenters. The lowest BCUT2D eigenvalue weighted by Gasteiger charge is -2.48. The van der Waals surface area contributed by atoms with Crippen LogP contribution in [0.15, 0.2) is 0 Å². The van der Waals surface area contributed by atoms with Gasteiger partial charge in [0, 0.05) is 18.7 Å². The lowest BCUT2D eigenvalue weighted by Crippen LogP contribution is -2.54. The lowest BCUT2D eigenvalue weighted by molar-refractivity contribution is -0.137. The van der Waals surface area contributed by atoms with Crippen molar-refractivity contribution in [1.29, 1.82) is 0 Å². The Kier molecular flexibility index (Phi) is 3.45. The highest BCUT2D eigenvalue weighted by molar-refractivity contribution is 4.97. The molecular formula is C15H27NO. The molecule has 98 valence electrons. The molecule has 1 N–H and O–H groups in total. The Morgan fingerprint density at radius 3 is 2.59 bits per heavy atom. The number of hydrogen-bond donors (Lipinski definition) is 1. The molecule has 0 aromatic heterocycles. The van der Waals surface area contributed by atoms with Gasteiger partial charge in [-0.25, -0.2) is 0 Å². The van der Waals surface area contributed by atoms with Crippen LogP contribution < -0.4 is 5.32 Å². The second-order valence-corrected chi connectivity index (χ2v) is 6.61. The molecule has 2 nitrogen and oxygen atoms in total. The number of nitrogens with one attached hydrogen (secondary N) is 1. The standard InChI is InChI=1S/C15H27NO/c1-12-5-2-3-6-14(12)16-13-7-10-17-15(11-13)8-4-9-15/h12-14,16H,2-11H2,1H3. The van der Waals surface area contributed by atoms with Gasteiger partial charge < -0.3 is 10.1 Å². The maximum atomic E-state index is 6.01. The van der Waals surface area contributed by atoms with Gasteiger partial charge in [-0.05, 0) is 50.9 Å². The van der Waals surface area contributed by atoms with Crippen molar-refractivity contribution in [2.24, 2.45) is 5.92 Å². The van der Waals surface area contributed by atoms with Crippen molar-refractivity contribution in [1.82, 2.24) is 5.32 Å². The van der Waals surface area contributed by atoms with Gasteiger partial charge in [0.15, 0.2) is 0 Å². The first-order chi connectivity index (χ1) is 8.27. The molecule has 1 spiro atoms. The van der Waals surface area contributed by atoms with Crippen molar-refractivity contribution in [3.8, 4) is 0 Å². The topological polar surface area (TPSA) is 21.3 Å². The van der Waals surface area contributed by atoms with Crippen LogP contribution in [0.2, 0.25) is 0 Å². The van der Waals surface area contributed by atoms with E-state index in [1.54, 1.807) is 0 Å². The fourth-order valence-electron chi connectivity index (χ4n) is 3.96. The van der Waals surface area contributed by atoms with Crippen molar-refractivity contribution in [2.45, 2.75) is 82.4 Å². The molecule has 0 bridgehead atoms. The molecule has 2 saturated carbocycles. The van der Waals surface area contributed by atoms with E-state index in [-0.39, 0.29) is 0 Å². The summed E-state index contributed by atoms with van der Waals surface area (Å²) in [5.41, 5.74) is 0.299. The summed E-state index contributed by atoms with van der Waals surface area (Å²) in [6, 6.07) is 1.51. The third kappa shape index (κ3) is 2.53. The van der Waals surface area contributed by atoms with Gasteiger partial charge in [0.25, 0.3) is 0 Å². The van der Waals surface area contributed by atoms with Crippen LogP contribution in [0.25, 0.3) is 0 Å². The molecule has 17 heavy (non-hydrogen) atoms. The van der Waals surface area contributed by atoms with Gasteiger partial charge in [-0.2, -0.15) is 0 Å². The van der Waals surface area contributed by atoms with Crippen molar-refractivity contribution in [3.05, 3.63) is 0 Å². The lowest BCUT2D eigenvalue weighted by atomic mass is 9.73. The third-order valence-electron chi connectivity index (χ3n) is 5.32. The zero-order valence-corrected chi connectivity index (χ0v) is 11.2. The van der Waals surface area contributed by atoms with E-state index in [0.29, 0.717) is 5.60 Å². The smallest absolute Gasteiger partial charge is 0.0697 e. The predicted molar refractivity (Wildman–Crippen MR) is 70.1 cm³/mol. The number of rotatable bonds is 2. The first-order valence-corrected chi connectivity index (χ1v) is 7.67. The fourth-order valence-corrected chi connectivity index (χ4v) is 3.96. The normalized spacial score (nSPS) is 41.1. The summed E-state index contributed by atoms with van der Waals surface area (Å²) < 4.78 is 6.01. The minimum atomic E-state index is 0.299. The quantitative estimate of drug-likeness (QED) is 0.796. The van der Waals surface area contributed by atoms with Crippen LogP contribution in [0.3, 0.4) is 0 Å². The molecule has 2 heteroatoms. The van der Waals surface area contributed by atoms with Crippen LogP contribution in [0.4, 0.5) is 0 Å². The summed E-state index contributed by atoms with van der Waals surface area (Å²) in [6.45, 7) is 3.41. The van der Waals surface area contributed by atoms with Gasteiger partial charge in [-0.1, -0.05) is 19.8 Å². The summed E-state index contributed by atoms with van der Waals surface area (Å²) in [6.07, 6.45) is 12.2. The van der Waals surface area contributed by atoms with Crippen LogP contribution in [0.1, 0.15) is 64.7 Å². The van der Waals surface area contributed by atoms with Gasteiger partial charge >= 0.3 is 0 Å². The third-order valence-corrected chi connectivity index (χ3v) is 5.32. The average molecular weight is 237 g/mol. The maximum absolute atomic E-state index is 6.01. The van der Waals surface area contributed by atoms with E-state index in [0.717, 1.165) is 24.6 Å². The van der Waals surface area contributed by atoms with Crippen molar-refractivity contribution in [2.75, 3.05) is 6.61 Å². The van der Waals surface area contributed by atoms with Gasteiger partial charge in [0.1, 0.15) is 0 Å². The van der Waals surface area contributed by atoms with E-state index in [1.807, 2.05) is 0 Å². The monoisotopic (exact) mass is 237 g/mol. The number of hydrogen-bond acceptors (Lipinski definition) is 2. The average Bonchev–Trinajstić information content (AvgIpc) is 2.31. The van der Waals surface area contributed by atoms with Crippen LogP contribution >= 0.6 is 0 Å². The van der Waals surface area contributed by atoms with E-state index < -0.39 is 0 Å². The summed E-state index contributed by atoms with van der Waals surface area (Å²) in [5, 5.41) is 3.95. The summed E-state index contributed by atoms with van der Waals surface area (Å²) in [7, 11) is 0. The molecule has 1 saturated heterocycles. The van der Waals surface area contributed by atoms with Crippen LogP contribution in [-0.2, 0) is 4.74 Å². The molecule has 3 atom stereocenters. The Balaban J connectivity index is 1.53. The highest BCUT2D eigenvalue weighted by atomic mass is 16.5. The molecule has 0 aromatic carbocycles. The van der Waals surface area contributed by atoms with Crippen molar-refractivity contribution in [3.63, 3.8) is 0 Å². The highest BCUT2D eigenvalue weighted by Crippen LogP contribution is 2.42. The Labute approximate surface area is 105 Å². The van der Waals surface area contributed by atoms with E-state index >= 15 is 0 Å². The Hall–Kier alpha value is -0.0800. The van der Waals surface area contributed by atoms with Gasteiger partial charge in [0.05, 0.1) is 5.60 Å². The second-order valence-electron chi connectivity index (χ2n) is 6.61. The van der Waals surface area contributed by atoms with Crippen LogP contribution in [0.5, 0.6) is 0 Å². The molecule has 0 amide bonds. The Bertz CT molecular complexity index is 262. The van der Waals surface area contributed by atoms with E-state index in [4.69, 9.17) is 4.74 Å². The summed E-state index contributed by atoms with van der Waals surface area (Å²) >= 11 is 0. The molecular weight excluding hydrogens is 210 g/mol. The first kappa shape index (κ1) is 12.0. The molecule has 2 aliphatic carbocycles. The predicted octanol–water partition coefficient (Wildman–Crippen LogP) is 3.26. The molecule has 3 fully saturated rings. The molecule has 1 heterocycles. The van der Waals surface area contributed by atoms with Crippen molar-refractivity contribution < 1.29 is 4.74 Å². The van der Waals surface area contributed by atoms with E-state index in [2.05, 4.69) is 12.2 Å². The minimum absolute atomic E-state index is 0.299. The van der Waals surface area contributed by atoms with Crippen LogP contribution in [0, 0.1) is 5.92 Å². The zero-order chi connectivity index (χ0) is 11.7. The highest BCUT2D eigenvalue weighted by Gasteiger charge is 2.43. The van der Waals surface area contributed by atoms with Gasteiger partial charge in [-0.15, -0.1) is 0 Å². The molecule has 3 aliphatic rings. The van der Waals surface area contributed by atoms with Gasteiger partial charge in [-0.3, -0.25) is 0 Å².